The van der Waals surface area contributed by atoms with Gasteiger partial charge in [0.1, 0.15) is 11.5 Å². The Balaban J connectivity index is 1.33. The zero-order valence-electron chi connectivity index (χ0n) is 27.1. The average molecular weight is 637 g/mol. The predicted octanol–water partition coefficient (Wildman–Crippen LogP) is 6.87. The summed E-state index contributed by atoms with van der Waals surface area (Å²) < 4.78 is 11.9. The van der Waals surface area contributed by atoms with Crippen molar-refractivity contribution in [2.24, 2.45) is 0 Å². The molecule has 48 heavy (non-hydrogen) atoms. The molecule has 1 N–H and O–H groups in total. The van der Waals surface area contributed by atoms with Gasteiger partial charge in [-0.2, -0.15) is 0 Å². The van der Waals surface area contributed by atoms with E-state index >= 15 is 0 Å². The number of ketones is 1. The number of hydrogen-bond acceptors (Lipinski definition) is 7. The summed E-state index contributed by atoms with van der Waals surface area (Å²) in [6, 6.07) is 22.1. The fourth-order valence-electron chi connectivity index (χ4n) is 7.90. The molecule has 0 saturated carbocycles. The lowest BCUT2D eigenvalue weighted by atomic mass is 9.69. The third kappa shape index (κ3) is 4.95. The number of fused-ring (bicyclic) bond motifs is 9. The van der Waals surface area contributed by atoms with Crippen LogP contribution in [0.3, 0.4) is 0 Å². The molecule has 0 spiro atoms. The lowest BCUT2D eigenvalue weighted by Crippen LogP contribution is -2.32. The minimum Gasteiger partial charge on any atom is -0.496 e. The predicted molar refractivity (Wildman–Crippen MR) is 185 cm³/mol. The molecule has 240 valence electrons. The molecule has 3 heterocycles. The molecule has 1 unspecified atom stereocenters. The van der Waals surface area contributed by atoms with Crippen molar-refractivity contribution in [1.29, 1.82) is 0 Å². The number of aromatic nitrogens is 2. The quantitative estimate of drug-likeness (QED) is 0.177. The van der Waals surface area contributed by atoms with Crippen molar-refractivity contribution in [1.82, 2.24) is 20.2 Å². The van der Waals surface area contributed by atoms with Gasteiger partial charge in [0.15, 0.2) is 5.78 Å². The number of nitrogens with one attached hydrogen (secondary N) is 1. The fourth-order valence-corrected chi connectivity index (χ4v) is 7.90. The molecular weight excluding hydrogens is 600 g/mol. The van der Waals surface area contributed by atoms with Crippen LogP contribution in [0, 0.1) is 0 Å². The zero-order valence-corrected chi connectivity index (χ0v) is 27.1. The average Bonchev–Trinajstić information content (AvgIpc) is 3.52. The van der Waals surface area contributed by atoms with Gasteiger partial charge in [0.25, 0.3) is 5.91 Å². The van der Waals surface area contributed by atoms with E-state index in [1.807, 2.05) is 48.5 Å². The Kier molecular flexibility index (Phi) is 7.73. The highest BCUT2D eigenvalue weighted by Gasteiger charge is 2.43. The van der Waals surface area contributed by atoms with Crippen molar-refractivity contribution in [2.75, 3.05) is 20.8 Å². The number of ether oxygens (including phenoxy) is 2. The molecule has 1 atom stereocenters. The number of benzene rings is 3. The molecule has 2 aromatic heterocycles. The third-order valence-electron chi connectivity index (χ3n) is 9.96. The van der Waals surface area contributed by atoms with Crippen LogP contribution in [0.5, 0.6) is 5.75 Å². The van der Waals surface area contributed by atoms with E-state index in [1.165, 1.54) is 0 Å². The van der Waals surface area contributed by atoms with Crippen LogP contribution in [0.2, 0.25) is 0 Å². The van der Waals surface area contributed by atoms with Crippen molar-refractivity contribution in [3.05, 3.63) is 130 Å². The van der Waals surface area contributed by atoms with Crippen LogP contribution in [-0.2, 0) is 29.2 Å². The molecule has 0 radical (unpaired) electrons. The number of nitrogens with zero attached hydrogens (tertiary/aromatic N) is 3. The normalized spacial score (nSPS) is 16.9. The maximum absolute atomic E-state index is 14.8. The van der Waals surface area contributed by atoms with Crippen LogP contribution in [0.1, 0.15) is 63.6 Å². The van der Waals surface area contributed by atoms with Crippen molar-refractivity contribution in [3.8, 4) is 5.75 Å². The number of carbonyl (C=O) groups is 2. The van der Waals surface area contributed by atoms with Crippen molar-refractivity contribution < 1.29 is 19.1 Å². The lowest BCUT2D eigenvalue weighted by Gasteiger charge is -2.35. The molecule has 1 aliphatic heterocycles. The molecule has 5 aromatic rings. The Labute approximate surface area is 279 Å². The van der Waals surface area contributed by atoms with E-state index in [1.54, 1.807) is 26.6 Å². The Bertz CT molecular complexity index is 2120. The number of rotatable bonds is 9. The van der Waals surface area contributed by atoms with Crippen LogP contribution in [0.4, 0.5) is 0 Å². The number of methoxy groups -OCH3 is 2. The van der Waals surface area contributed by atoms with Gasteiger partial charge in [-0.15, -0.1) is 0 Å². The van der Waals surface area contributed by atoms with E-state index in [0.29, 0.717) is 50.3 Å². The number of amides is 1. The van der Waals surface area contributed by atoms with Gasteiger partial charge in [-0.3, -0.25) is 24.5 Å². The maximum atomic E-state index is 14.8. The van der Waals surface area contributed by atoms with Gasteiger partial charge < -0.3 is 14.8 Å². The number of allylic oxidation sites excluding steroid dienone is 3. The summed E-state index contributed by atoms with van der Waals surface area (Å²) >= 11 is 0. The lowest BCUT2D eigenvalue weighted by molar-refractivity contribution is -0.117. The molecule has 8 nitrogen and oxygen atoms in total. The highest BCUT2D eigenvalue weighted by atomic mass is 16.5. The Morgan fingerprint density at radius 3 is 2.23 bits per heavy atom. The molecule has 0 bridgehead atoms. The summed E-state index contributed by atoms with van der Waals surface area (Å²) in [4.78, 5) is 40.1. The molecule has 8 rings (SSSR count). The second kappa shape index (κ2) is 12.4. The standard InChI is InChI=1S/C40H36N4O4/c1-47-32-15-9-14-28-35(32)38-34-27-13-4-3-12-26(27)33(48-2)20-30(34)31-21-43-40(46)37(31)36(38)29(39(28)45)16-19-44(22-24-10-5-7-17-41-24)23-25-11-6-8-18-42-25/h3-8,10-13,15,17-18,20,29H,9,14,16,19,21-23H2,1-2H3,(H,43,46). The summed E-state index contributed by atoms with van der Waals surface area (Å²) in [7, 11) is 3.34. The number of carbonyl (C=O) groups excluding carboxylic acids is 2. The van der Waals surface area contributed by atoms with Gasteiger partial charge in [0.05, 0.1) is 25.6 Å². The van der Waals surface area contributed by atoms with E-state index in [2.05, 4.69) is 44.5 Å². The number of Topliss-reactive ketones (excluding diaryl/α,β-unsaturated/α-hetero) is 1. The summed E-state index contributed by atoms with van der Waals surface area (Å²) in [6.07, 6.45) is 7.57. The molecule has 3 aliphatic rings. The van der Waals surface area contributed by atoms with E-state index in [4.69, 9.17) is 9.47 Å². The first kappa shape index (κ1) is 30.0. The highest BCUT2D eigenvalue weighted by Crippen LogP contribution is 2.53. The molecule has 0 saturated heterocycles. The van der Waals surface area contributed by atoms with E-state index < -0.39 is 5.92 Å². The molecule has 3 aromatic carbocycles. The third-order valence-corrected chi connectivity index (χ3v) is 9.96. The van der Waals surface area contributed by atoms with Crippen LogP contribution in [-0.4, -0.2) is 47.3 Å². The topological polar surface area (TPSA) is 93.7 Å². The number of pyridine rings is 2. The minimum absolute atomic E-state index is 0.0786. The van der Waals surface area contributed by atoms with Crippen LogP contribution in [0.25, 0.3) is 27.1 Å². The molecule has 1 amide bonds. The second-order valence-electron chi connectivity index (χ2n) is 12.6. The fraction of sp³-hybridized carbons (Fsp3) is 0.250. The monoisotopic (exact) mass is 636 g/mol. The minimum atomic E-state index is -0.507. The largest absolute Gasteiger partial charge is 0.496 e. The van der Waals surface area contributed by atoms with Gasteiger partial charge in [-0.1, -0.05) is 36.4 Å². The molecular formula is C40H36N4O4. The van der Waals surface area contributed by atoms with Gasteiger partial charge in [-0.05, 0) is 95.1 Å². The zero-order chi connectivity index (χ0) is 32.8. The van der Waals surface area contributed by atoms with Crippen LogP contribution in [0.15, 0.2) is 96.5 Å². The first-order chi connectivity index (χ1) is 23.6. The molecule has 0 fully saturated rings. The van der Waals surface area contributed by atoms with Crippen LogP contribution < -0.4 is 10.1 Å². The Morgan fingerprint density at radius 2 is 1.56 bits per heavy atom. The van der Waals surface area contributed by atoms with Gasteiger partial charge in [0, 0.05) is 60.0 Å². The van der Waals surface area contributed by atoms with Crippen molar-refractivity contribution in [3.63, 3.8) is 0 Å². The van der Waals surface area contributed by atoms with Crippen molar-refractivity contribution in [2.45, 2.75) is 44.8 Å². The summed E-state index contributed by atoms with van der Waals surface area (Å²) in [6.45, 7) is 2.22. The Morgan fingerprint density at radius 1 is 0.854 bits per heavy atom. The molecule has 2 aliphatic carbocycles. The number of hydrogen-bond donors (Lipinski definition) is 1. The van der Waals surface area contributed by atoms with E-state index in [9.17, 15) is 9.59 Å². The van der Waals surface area contributed by atoms with Gasteiger partial charge >= 0.3 is 0 Å². The van der Waals surface area contributed by atoms with Crippen molar-refractivity contribution >= 4 is 38.8 Å². The van der Waals surface area contributed by atoms with E-state index in [-0.39, 0.29) is 11.7 Å². The first-order valence-corrected chi connectivity index (χ1v) is 16.5. The SMILES string of the molecule is COC1=CCCC2=C1c1c(c3c(c4cc(OC)c5ccccc5c14)CNC3=O)C(CCN(Cc1ccccn1)Cc1ccccn1)C2=O. The summed E-state index contributed by atoms with van der Waals surface area (Å²) in [5.41, 5.74) is 6.78. The smallest absolute Gasteiger partial charge is 0.252 e. The van der Waals surface area contributed by atoms with Gasteiger partial charge in [0.2, 0.25) is 0 Å². The maximum Gasteiger partial charge on any atom is 0.252 e. The summed E-state index contributed by atoms with van der Waals surface area (Å²) in [5, 5.41) is 7.10. The van der Waals surface area contributed by atoms with Crippen LogP contribution >= 0.6 is 0 Å². The highest BCUT2D eigenvalue weighted by molar-refractivity contribution is 6.25. The summed E-state index contributed by atoms with van der Waals surface area (Å²) in [5.74, 6) is 0.871. The van der Waals surface area contributed by atoms with E-state index in [0.717, 1.165) is 72.9 Å². The molecule has 8 heteroatoms. The Hall–Kier alpha value is -5.34. The second-order valence-corrected chi connectivity index (χ2v) is 12.6. The van der Waals surface area contributed by atoms with Gasteiger partial charge in [-0.25, -0.2) is 0 Å². The first-order valence-electron chi connectivity index (χ1n) is 16.5.